The topological polar surface area (TPSA) is 77.8 Å². The molecule has 0 bridgehead atoms. The molecule has 0 saturated heterocycles. The maximum Gasteiger partial charge on any atom is 0.276 e. The van der Waals surface area contributed by atoms with Gasteiger partial charge in [-0.2, -0.15) is 0 Å². The normalized spacial score (nSPS) is 11.1. The number of benzene rings is 1. The second kappa shape index (κ2) is 7.20. The van der Waals surface area contributed by atoms with E-state index < -0.39 is 0 Å². The maximum absolute atomic E-state index is 5.66. The highest BCUT2D eigenvalue weighted by Crippen LogP contribution is 2.25. The summed E-state index contributed by atoms with van der Waals surface area (Å²) in [5.74, 6) is 1.92. The first-order valence-corrected chi connectivity index (χ1v) is 9.50. The number of hydrogen-bond acceptors (Lipinski definition) is 8. The lowest BCUT2D eigenvalue weighted by Crippen LogP contribution is -1.88. The van der Waals surface area contributed by atoms with Gasteiger partial charge in [-0.15, -0.1) is 21.5 Å². The second-order valence-electron chi connectivity index (χ2n) is 5.33. The number of hydrogen-bond donors (Lipinski definition) is 0. The van der Waals surface area contributed by atoms with Crippen LogP contribution in [-0.4, -0.2) is 20.3 Å². The van der Waals surface area contributed by atoms with Gasteiger partial charge in [0.2, 0.25) is 5.89 Å². The molecule has 0 spiro atoms. The standard InChI is InChI=1S/C17H14N4O2S2/c1-11-18-13(9-24-11)8-16-19-20-17(22-16)25-10-14-7-15(23-21-14)12-5-3-2-4-6-12/h2-7,9H,8,10H2,1H3. The Hall–Kier alpha value is -2.45. The quantitative estimate of drug-likeness (QED) is 0.466. The van der Waals surface area contributed by atoms with Crippen LogP contribution < -0.4 is 0 Å². The van der Waals surface area contributed by atoms with Gasteiger partial charge in [0.1, 0.15) is 0 Å². The molecule has 1 aromatic carbocycles. The maximum atomic E-state index is 5.66. The minimum absolute atomic E-state index is 0.520. The Kier molecular flexibility index (Phi) is 4.62. The molecule has 4 rings (SSSR count). The molecule has 126 valence electrons. The lowest BCUT2D eigenvalue weighted by atomic mass is 10.2. The molecule has 0 fully saturated rings. The molecule has 6 nitrogen and oxygen atoms in total. The van der Waals surface area contributed by atoms with E-state index in [2.05, 4.69) is 20.3 Å². The summed E-state index contributed by atoms with van der Waals surface area (Å²) in [4.78, 5) is 4.40. The molecule has 0 amide bonds. The van der Waals surface area contributed by atoms with E-state index in [1.54, 1.807) is 11.3 Å². The summed E-state index contributed by atoms with van der Waals surface area (Å²) in [5.41, 5.74) is 2.79. The van der Waals surface area contributed by atoms with Crippen molar-refractivity contribution in [3.05, 3.63) is 64.1 Å². The zero-order valence-electron chi connectivity index (χ0n) is 13.4. The molecule has 0 aliphatic rings. The summed E-state index contributed by atoms with van der Waals surface area (Å²) in [6, 6.07) is 11.8. The molecule has 0 N–H and O–H groups in total. The monoisotopic (exact) mass is 370 g/mol. The van der Waals surface area contributed by atoms with Gasteiger partial charge in [-0.1, -0.05) is 47.3 Å². The summed E-state index contributed by atoms with van der Waals surface area (Å²) < 4.78 is 11.0. The molecule has 0 unspecified atom stereocenters. The molecule has 0 aliphatic heterocycles. The number of rotatable bonds is 6. The third kappa shape index (κ3) is 3.97. The van der Waals surface area contributed by atoms with Crippen molar-refractivity contribution in [2.45, 2.75) is 24.3 Å². The van der Waals surface area contributed by atoms with Gasteiger partial charge in [0.15, 0.2) is 5.76 Å². The van der Waals surface area contributed by atoms with Gasteiger partial charge >= 0.3 is 0 Å². The summed E-state index contributed by atoms with van der Waals surface area (Å²) in [6.45, 7) is 1.98. The van der Waals surface area contributed by atoms with Crippen LogP contribution >= 0.6 is 23.1 Å². The number of thiazole rings is 1. The summed E-state index contributed by atoms with van der Waals surface area (Å²) in [7, 11) is 0. The Labute approximate surface area is 152 Å². The van der Waals surface area contributed by atoms with Crippen LogP contribution in [-0.2, 0) is 12.2 Å². The van der Waals surface area contributed by atoms with Gasteiger partial charge in [-0.25, -0.2) is 4.98 Å². The number of nitrogens with zero attached hydrogens (tertiary/aromatic N) is 4. The van der Waals surface area contributed by atoms with E-state index in [1.165, 1.54) is 11.8 Å². The molecular weight excluding hydrogens is 356 g/mol. The highest BCUT2D eigenvalue weighted by molar-refractivity contribution is 7.98. The minimum Gasteiger partial charge on any atom is -0.416 e. The average Bonchev–Trinajstić information content (AvgIpc) is 3.36. The molecule has 0 saturated carbocycles. The van der Waals surface area contributed by atoms with E-state index >= 15 is 0 Å². The van der Waals surface area contributed by atoms with Crippen molar-refractivity contribution in [3.63, 3.8) is 0 Å². The van der Waals surface area contributed by atoms with E-state index in [1.807, 2.05) is 48.7 Å². The van der Waals surface area contributed by atoms with Crippen LogP contribution in [0.2, 0.25) is 0 Å². The molecule has 25 heavy (non-hydrogen) atoms. The van der Waals surface area contributed by atoms with Gasteiger partial charge in [0, 0.05) is 22.8 Å². The van der Waals surface area contributed by atoms with Gasteiger partial charge < -0.3 is 8.94 Å². The zero-order valence-corrected chi connectivity index (χ0v) is 15.0. The van der Waals surface area contributed by atoms with Crippen molar-refractivity contribution in [1.29, 1.82) is 0 Å². The smallest absolute Gasteiger partial charge is 0.276 e. The van der Waals surface area contributed by atoms with Crippen LogP contribution in [0.1, 0.15) is 22.3 Å². The van der Waals surface area contributed by atoms with E-state index in [-0.39, 0.29) is 0 Å². The largest absolute Gasteiger partial charge is 0.416 e. The van der Waals surface area contributed by atoms with Gasteiger partial charge in [0.05, 0.1) is 22.8 Å². The number of thioether (sulfide) groups is 1. The SMILES string of the molecule is Cc1nc(Cc2nnc(SCc3cc(-c4ccccc4)on3)o2)cs1. The zero-order chi connectivity index (χ0) is 17.1. The molecule has 3 aromatic heterocycles. The van der Waals surface area contributed by atoms with Crippen LogP contribution in [0.5, 0.6) is 0 Å². The third-order valence-electron chi connectivity index (χ3n) is 3.41. The minimum atomic E-state index is 0.520. The highest BCUT2D eigenvalue weighted by atomic mass is 32.2. The lowest BCUT2D eigenvalue weighted by molar-refractivity contribution is 0.418. The van der Waals surface area contributed by atoms with Crippen LogP contribution in [0.25, 0.3) is 11.3 Å². The van der Waals surface area contributed by atoms with E-state index in [0.717, 1.165) is 27.7 Å². The Morgan fingerprint density at radius 3 is 2.80 bits per heavy atom. The second-order valence-corrected chi connectivity index (χ2v) is 7.32. The lowest BCUT2D eigenvalue weighted by Gasteiger charge is -1.92. The Morgan fingerprint density at radius 1 is 1.12 bits per heavy atom. The van der Waals surface area contributed by atoms with Crippen LogP contribution in [0.4, 0.5) is 0 Å². The predicted octanol–water partition coefficient (Wildman–Crippen LogP) is 4.37. The van der Waals surface area contributed by atoms with Crippen LogP contribution in [0.15, 0.2) is 55.9 Å². The van der Waals surface area contributed by atoms with Crippen molar-refractivity contribution >= 4 is 23.1 Å². The summed E-state index contributed by atoms with van der Waals surface area (Å²) in [6.07, 6.45) is 0.556. The van der Waals surface area contributed by atoms with E-state index in [4.69, 9.17) is 8.94 Å². The number of aromatic nitrogens is 4. The first-order chi connectivity index (χ1) is 12.3. The van der Waals surface area contributed by atoms with Crippen molar-refractivity contribution in [3.8, 4) is 11.3 Å². The fourth-order valence-electron chi connectivity index (χ4n) is 2.27. The van der Waals surface area contributed by atoms with Crippen molar-refractivity contribution in [2.75, 3.05) is 0 Å². The summed E-state index contributed by atoms with van der Waals surface area (Å²) in [5, 5.41) is 15.8. The molecule has 8 heteroatoms. The van der Waals surface area contributed by atoms with Gasteiger partial charge in [-0.3, -0.25) is 0 Å². The van der Waals surface area contributed by atoms with Crippen LogP contribution in [0, 0.1) is 6.92 Å². The Bertz CT molecular complexity index is 962. The first-order valence-electron chi connectivity index (χ1n) is 7.63. The Balaban J connectivity index is 1.37. The molecule has 0 radical (unpaired) electrons. The van der Waals surface area contributed by atoms with Crippen molar-refractivity contribution in [2.24, 2.45) is 0 Å². The predicted molar refractivity (Wildman–Crippen MR) is 95.5 cm³/mol. The summed E-state index contributed by atoms with van der Waals surface area (Å²) >= 11 is 3.05. The van der Waals surface area contributed by atoms with Gasteiger partial charge in [-0.05, 0) is 6.92 Å². The molecule has 4 aromatic rings. The van der Waals surface area contributed by atoms with E-state index in [0.29, 0.717) is 23.3 Å². The van der Waals surface area contributed by atoms with E-state index in [9.17, 15) is 0 Å². The molecular formula is C17H14N4O2S2. The molecule has 0 atom stereocenters. The molecule has 0 aliphatic carbocycles. The number of aryl methyl sites for hydroxylation is 1. The van der Waals surface area contributed by atoms with Crippen molar-refractivity contribution < 1.29 is 8.94 Å². The average molecular weight is 370 g/mol. The van der Waals surface area contributed by atoms with Gasteiger partial charge in [0.25, 0.3) is 5.22 Å². The Morgan fingerprint density at radius 2 is 2.00 bits per heavy atom. The van der Waals surface area contributed by atoms with Crippen LogP contribution in [0.3, 0.4) is 0 Å². The third-order valence-corrected chi connectivity index (χ3v) is 5.08. The first kappa shape index (κ1) is 16.0. The highest BCUT2D eigenvalue weighted by Gasteiger charge is 2.12. The van der Waals surface area contributed by atoms with Crippen molar-refractivity contribution in [1.82, 2.24) is 20.3 Å². The fourth-order valence-corrected chi connectivity index (χ4v) is 3.54. The molecule has 3 heterocycles. The fraction of sp³-hybridized carbons (Fsp3) is 0.176.